The molecule has 2 rings (SSSR count). The number of rotatable bonds is 3. The Kier molecular flexibility index (Phi) is 2.32. The van der Waals surface area contributed by atoms with Crippen molar-refractivity contribution in [3.8, 4) is 0 Å². The molecule has 0 bridgehead atoms. The summed E-state index contributed by atoms with van der Waals surface area (Å²) >= 11 is 0. The molecular formula is C11H10F2O. The van der Waals surface area contributed by atoms with Gasteiger partial charge in [-0.05, 0) is 37.0 Å². The summed E-state index contributed by atoms with van der Waals surface area (Å²) in [5, 5.41) is 0. The maximum atomic E-state index is 13.1. The fourth-order valence-electron chi connectivity index (χ4n) is 1.41. The van der Waals surface area contributed by atoms with Gasteiger partial charge in [0.25, 0.3) is 0 Å². The van der Waals surface area contributed by atoms with Gasteiger partial charge in [0.1, 0.15) is 11.6 Å². The Hall–Kier alpha value is -1.25. The second-order valence-electron chi connectivity index (χ2n) is 3.69. The van der Waals surface area contributed by atoms with Crippen LogP contribution in [0.2, 0.25) is 0 Å². The molecule has 1 aromatic rings. The monoisotopic (exact) mass is 196 g/mol. The molecule has 0 unspecified atom stereocenters. The summed E-state index contributed by atoms with van der Waals surface area (Å²) in [6.45, 7) is 0. The zero-order valence-electron chi connectivity index (χ0n) is 7.59. The normalized spacial score (nSPS) is 15.6. The molecule has 1 saturated carbocycles. The summed E-state index contributed by atoms with van der Waals surface area (Å²) in [5.41, 5.74) is -0.114. The lowest BCUT2D eigenvalue weighted by atomic mass is 10.1. The number of Topliss-reactive ketones (excluding diaryl/α,β-unsaturated/α-hetero) is 1. The average molecular weight is 196 g/mol. The van der Waals surface area contributed by atoms with Crippen LogP contribution in [0.15, 0.2) is 18.2 Å². The largest absolute Gasteiger partial charge is 0.294 e. The van der Waals surface area contributed by atoms with Crippen LogP contribution in [0.1, 0.15) is 29.6 Å². The third-order valence-electron chi connectivity index (χ3n) is 2.40. The van der Waals surface area contributed by atoms with Gasteiger partial charge in [-0.15, -0.1) is 0 Å². The maximum absolute atomic E-state index is 13.1. The Morgan fingerprint density at radius 3 is 2.71 bits per heavy atom. The third kappa shape index (κ3) is 1.97. The Labute approximate surface area is 80.7 Å². The Bertz CT molecular complexity index is 370. The molecule has 0 saturated heterocycles. The number of hydrogen-bond donors (Lipinski definition) is 0. The highest BCUT2D eigenvalue weighted by Gasteiger charge is 2.26. The van der Waals surface area contributed by atoms with Crippen LogP contribution in [0.5, 0.6) is 0 Å². The lowest BCUT2D eigenvalue weighted by Gasteiger charge is -2.01. The first kappa shape index (κ1) is 9.31. The zero-order chi connectivity index (χ0) is 10.1. The number of ketones is 1. The van der Waals surface area contributed by atoms with E-state index in [1.165, 1.54) is 0 Å². The lowest BCUT2D eigenvalue weighted by molar-refractivity contribution is 0.0971. The maximum Gasteiger partial charge on any atom is 0.166 e. The van der Waals surface area contributed by atoms with E-state index in [1.807, 2.05) is 0 Å². The molecule has 0 atom stereocenters. The van der Waals surface area contributed by atoms with Gasteiger partial charge in [0.15, 0.2) is 5.78 Å². The SMILES string of the molecule is O=C(CC1CC1)c1cc(F)ccc1F. The topological polar surface area (TPSA) is 17.1 Å². The molecule has 0 radical (unpaired) electrons. The molecule has 0 spiro atoms. The summed E-state index contributed by atoms with van der Waals surface area (Å²) in [6.07, 6.45) is 2.41. The van der Waals surface area contributed by atoms with Crippen LogP contribution in [-0.2, 0) is 0 Å². The summed E-state index contributed by atoms with van der Waals surface area (Å²) in [4.78, 5) is 11.5. The van der Waals surface area contributed by atoms with Crippen LogP contribution in [0.25, 0.3) is 0 Å². The molecule has 74 valence electrons. The van der Waals surface area contributed by atoms with Crippen LogP contribution in [0.4, 0.5) is 8.78 Å². The highest BCUT2D eigenvalue weighted by molar-refractivity contribution is 5.96. The number of benzene rings is 1. The van der Waals surface area contributed by atoms with Crippen LogP contribution in [0.3, 0.4) is 0 Å². The molecule has 14 heavy (non-hydrogen) atoms. The van der Waals surface area contributed by atoms with Crippen LogP contribution in [0, 0.1) is 17.6 Å². The molecule has 1 aliphatic rings. The molecule has 0 amide bonds. The molecule has 1 aromatic carbocycles. The highest BCUT2D eigenvalue weighted by atomic mass is 19.1. The van der Waals surface area contributed by atoms with Crippen molar-refractivity contribution in [3.05, 3.63) is 35.4 Å². The standard InChI is InChI=1S/C11H10F2O/c12-8-3-4-10(13)9(6-8)11(14)5-7-1-2-7/h3-4,6-7H,1-2,5H2. The summed E-state index contributed by atoms with van der Waals surface area (Å²) in [7, 11) is 0. The van der Waals surface area contributed by atoms with Gasteiger partial charge in [0.2, 0.25) is 0 Å². The van der Waals surface area contributed by atoms with Crippen LogP contribution < -0.4 is 0 Å². The van der Waals surface area contributed by atoms with Gasteiger partial charge >= 0.3 is 0 Å². The van der Waals surface area contributed by atoms with Gasteiger partial charge in [0, 0.05) is 6.42 Å². The third-order valence-corrected chi connectivity index (χ3v) is 2.40. The highest BCUT2D eigenvalue weighted by Crippen LogP contribution is 2.33. The van der Waals surface area contributed by atoms with Crippen molar-refractivity contribution in [2.75, 3.05) is 0 Å². The lowest BCUT2D eigenvalue weighted by Crippen LogP contribution is -2.03. The minimum atomic E-state index is -0.628. The van der Waals surface area contributed by atoms with Gasteiger partial charge in [0.05, 0.1) is 5.56 Å². The minimum absolute atomic E-state index is 0.114. The van der Waals surface area contributed by atoms with E-state index in [9.17, 15) is 13.6 Å². The molecule has 3 heteroatoms. The second kappa shape index (κ2) is 3.48. The van der Waals surface area contributed by atoms with E-state index < -0.39 is 11.6 Å². The number of halogens is 2. The Morgan fingerprint density at radius 2 is 2.07 bits per heavy atom. The van der Waals surface area contributed by atoms with Gasteiger partial charge in [-0.25, -0.2) is 8.78 Å². The predicted molar refractivity (Wildman–Crippen MR) is 48.0 cm³/mol. The summed E-state index contributed by atoms with van der Waals surface area (Å²) < 4.78 is 25.8. The van der Waals surface area contributed by atoms with E-state index in [4.69, 9.17) is 0 Å². The Morgan fingerprint density at radius 1 is 1.36 bits per heavy atom. The predicted octanol–water partition coefficient (Wildman–Crippen LogP) is 2.95. The van der Waals surface area contributed by atoms with Crippen molar-refractivity contribution in [2.24, 2.45) is 5.92 Å². The van der Waals surface area contributed by atoms with E-state index in [0.29, 0.717) is 12.3 Å². The second-order valence-corrected chi connectivity index (χ2v) is 3.69. The molecule has 1 nitrogen and oxygen atoms in total. The first-order valence-electron chi connectivity index (χ1n) is 4.65. The van der Waals surface area contributed by atoms with E-state index >= 15 is 0 Å². The van der Waals surface area contributed by atoms with E-state index in [-0.39, 0.29) is 11.3 Å². The van der Waals surface area contributed by atoms with Crippen LogP contribution in [-0.4, -0.2) is 5.78 Å². The molecule has 1 aliphatic carbocycles. The molecule has 1 fully saturated rings. The Balaban J connectivity index is 2.20. The van der Waals surface area contributed by atoms with E-state index in [1.54, 1.807) is 0 Å². The molecule has 0 aromatic heterocycles. The average Bonchev–Trinajstić information content (AvgIpc) is 2.93. The number of hydrogen-bond acceptors (Lipinski definition) is 1. The molecule has 0 heterocycles. The van der Waals surface area contributed by atoms with Gasteiger partial charge in [-0.2, -0.15) is 0 Å². The van der Waals surface area contributed by atoms with Gasteiger partial charge < -0.3 is 0 Å². The van der Waals surface area contributed by atoms with Crippen molar-refractivity contribution in [3.63, 3.8) is 0 Å². The fraction of sp³-hybridized carbons (Fsp3) is 0.364. The van der Waals surface area contributed by atoms with Crippen molar-refractivity contribution in [1.82, 2.24) is 0 Å². The van der Waals surface area contributed by atoms with Crippen molar-refractivity contribution in [2.45, 2.75) is 19.3 Å². The molecule has 0 aliphatic heterocycles. The number of carbonyl (C=O) groups is 1. The van der Waals surface area contributed by atoms with Crippen LogP contribution >= 0.6 is 0 Å². The summed E-state index contributed by atoms with van der Waals surface area (Å²) in [6, 6.07) is 2.98. The fourth-order valence-corrected chi connectivity index (χ4v) is 1.41. The molecular weight excluding hydrogens is 186 g/mol. The van der Waals surface area contributed by atoms with E-state index in [0.717, 1.165) is 31.0 Å². The van der Waals surface area contributed by atoms with Gasteiger partial charge in [-0.1, -0.05) is 0 Å². The van der Waals surface area contributed by atoms with Crippen molar-refractivity contribution < 1.29 is 13.6 Å². The quantitative estimate of drug-likeness (QED) is 0.679. The van der Waals surface area contributed by atoms with Gasteiger partial charge in [-0.3, -0.25) is 4.79 Å². The van der Waals surface area contributed by atoms with Crippen molar-refractivity contribution >= 4 is 5.78 Å². The minimum Gasteiger partial charge on any atom is -0.294 e. The molecule has 0 N–H and O–H groups in total. The number of carbonyl (C=O) groups excluding carboxylic acids is 1. The first-order chi connectivity index (χ1) is 6.66. The first-order valence-corrected chi connectivity index (χ1v) is 4.65. The summed E-state index contributed by atoms with van der Waals surface area (Å²) in [5.74, 6) is -1.09. The van der Waals surface area contributed by atoms with Crippen molar-refractivity contribution in [1.29, 1.82) is 0 Å². The smallest absolute Gasteiger partial charge is 0.166 e. The zero-order valence-corrected chi connectivity index (χ0v) is 7.59. The van der Waals surface area contributed by atoms with E-state index in [2.05, 4.69) is 0 Å².